The second kappa shape index (κ2) is 6.38. The zero-order valence-corrected chi connectivity index (χ0v) is 11.9. The Hall–Kier alpha value is -0.580. The molecule has 1 nitrogen and oxygen atoms in total. The minimum atomic E-state index is -0.148. The van der Waals surface area contributed by atoms with Gasteiger partial charge in [0, 0.05) is 6.04 Å². The van der Waals surface area contributed by atoms with E-state index in [1.54, 1.807) is 6.07 Å². The van der Waals surface area contributed by atoms with E-state index in [1.165, 1.54) is 31.7 Å². The zero-order valence-electron chi connectivity index (χ0n) is 9.76. The number of allylic oxidation sites excluding steroid dienone is 1. The molecule has 92 valence electrons. The van der Waals surface area contributed by atoms with Gasteiger partial charge in [-0.2, -0.15) is 0 Å². The maximum absolute atomic E-state index is 13.4. The maximum Gasteiger partial charge on any atom is 0.138 e. The first-order chi connectivity index (χ1) is 8.27. The highest BCUT2D eigenvalue weighted by Gasteiger charge is 2.10. The number of hydrogen-bond donors (Lipinski definition) is 1. The molecule has 0 spiro atoms. The summed E-state index contributed by atoms with van der Waals surface area (Å²) in [6, 6.07) is 5.54. The molecule has 0 aliphatic heterocycles. The topological polar surface area (TPSA) is 12.0 Å². The summed E-state index contributed by atoms with van der Waals surface area (Å²) in [4.78, 5) is 0. The van der Waals surface area contributed by atoms with Crippen molar-refractivity contribution in [3.05, 3.63) is 39.7 Å². The fourth-order valence-corrected chi connectivity index (χ4v) is 2.61. The van der Waals surface area contributed by atoms with Crippen LogP contribution in [-0.4, -0.2) is 6.04 Å². The lowest BCUT2D eigenvalue weighted by atomic mass is 10.0. The average Bonchev–Trinajstić information content (AvgIpc) is 2.28. The summed E-state index contributed by atoms with van der Waals surface area (Å²) < 4.78 is 14.1. The van der Waals surface area contributed by atoms with E-state index in [1.807, 2.05) is 6.07 Å². The van der Waals surface area contributed by atoms with Crippen molar-refractivity contribution in [2.24, 2.45) is 0 Å². The van der Waals surface area contributed by atoms with E-state index in [0.29, 0.717) is 9.61 Å². The molecule has 0 aromatic heterocycles. The van der Waals surface area contributed by atoms with Crippen molar-refractivity contribution in [2.75, 3.05) is 5.32 Å². The van der Waals surface area contributed by atoms with Crippen LogP contribution in [0.5, 0.6) is 0 Å². The number of hydrogen-bond acceptors (Lipinski definition) is 1. The summed E-state index contributed by atoms with van der Waals surface area (Å²) >= 11 is 2.06. The molecule has 1 aromatic rings. The van der Waals surface area contributed by atoms with Crippen LogP contribution in [0.2, 0.25) is 0 Å². The molecule has 1 unspecified atom stereocenters. The van der Waals surface area contributed by atoms with Gasteiger partial charge in [0.2, 0.25) is 0 Å². The van der Waals surface area contributed by atoms with Gasteiger partial charge in [0.05, 0.1) is 9.26 Å². The van der Waals surface area contributed by atoms with Gasteiger partial charge in [-0.3, -0.25) is 0 Å². The van der Waals surface area contributed by atoms with E-state index in [-0.39, 0.29) is 5.82 Å². The number of benzene rings is 1. The fourth-order valence-electron chi connectivity index (χ4n) is 2.10. The molecule has 0 radical (unpaired) electrons. The van der Waals surface area contributed by atoms with Crippen molar-refractivity contribution >= 4 is 28.3 Å². The SMILES string of the molecule is Fc1cccc(NC2/C=C/CCCCC2)c1I. The lowest BCUT2D eigenvalue weighted by molar-refractivity contribution is 0.606. The molecule has 1 atom stereocenters. The van der Waals surface area contributed by atoms with E-state index in [9.17, 15) is 4.39 Å². The van der Waals surface area contributed by atoms with E-state index in [4.69, 9.17) is 0 Å². The number of halogens is 2. The van der Waals surface area contributed by atoms with Crippen LogP contribution in [0.1, 0.15) is 32.1 Å². The Morgan fingerprint density at radius 3 is 3.00 bits per heavy atom. The summed E-state index contributed by atoms with van der Waals surface area (Å²) in [7, 11) is 0. The predicted molar refractivity (Wildman–Crippen MR) is 78.8 cm³/mol. The van der Waals surface area contributed by atoms with Crippen molar-refractivity contribution < 1.29 is 4.39 Å². The van der Waals surface area contributed by atoms with E-state index < -0.39 is 0 Å². The summed E-state index contributed by atoms with van der Waals surface area (Å²) in [6.07, 6.45) is 10.6. The summed E-state index contributed by atoms with van der Waals surface area (Å²) in [6.45, 7) is 0. The first-order valence-corrected chi connectivity index (χ1v) is 7.22. The van der Waals surface area contributed by atoms with Gasteiger partial charge in [-0.1, -0.05) is 31.1 Å². The molecule has 0 bridgehead atoms. The summed E-state index contributed by atoms with van der Waals surface area (Å²) in [5.74, 6) is -0.148. The molecule has 1 N–H and O–H groups in total. The highest BCUT2D eigenvalue weighted by Crippen LogP contribution is 2.23. The summed E-state index contributed by atoms with van der Waals surface area (Å²) in [5.41, 5.74) is 0.904. The van der Waals surface area contributed by atoms with Crippen LogP contribution in [0, 0.1) is 9.39 Å². The standard InChI is InChI=1S/C14H17FIN/c15-12-9-6-10-13(14(12)16)17-11-7-4-2-1-3-5-8-11/h4,6-7,9-11,17H,1-3,5,8H2/b7-4+. The molecule has 0 saturated heterocycles. The monoisotopic (exact) mass is 345 g/mol. The van der Waals surface area contributed by atoms with Crippen molar-refractivity contribution in [3.8, 4) is 0 Å². The number of anilines is 1. The molecular formula is C14H17FIN. The Morgan fingerprint density at radius 1 is 1.24 bits per heavy atom. The molecule has 0 amide bonds. The normalized spacial score (nSPS) is 22.6. The Balaban J connectivity index is 2.08. The molecule has 0 fully saturated rings. The molecule has 1 aliphatic rings. The molecular weight excluding hydrogens is 328 g/mol. The Kier molecular flexibility index (Phi) is 4.83. The molecule has 0 heterocycles. The first-order valence-electron chi connectivity index (χ1n) is 6.14. The highest BCUT2D eigenvalue weighted by molar-refractivity contribution is 14.1. The predicted octanol–water partition coefficient (Wildman–Crippen LogP) is 4.73. The average molecular weight is 345 g/mol. The van der Waals surface area contributed by atoms with Crippen molar-refractivity contribution in [3.63, 3.8) is 0 Å². The van der Waals surface area contributed by atoms with Crippen LogP contribution in [0.25, 0.3) is 0 Å². The van der Waals surface area contributed by atoms with Gasteiger partial charge < -0.3 is 5.32 Å². The third kappa shape index (κ3) is 3.69. The second-order valence-electron chi connectivity index (χ2n) is 4.42. The maximum atomic E-state index is 13.4. The lowest BCUT2D eigenvalue weighted by Gasteiger charge is -2.19. The smallest absolute Gasteiger partial charge is 0.138 e. The number of rotatable bonds is 2. The lowest BCUT2D eigenvalue weighted by Crippen LogP contribution is -2.18. The Morgan fingerprint density at radius 2 is 2.12 bits per heavy atom. The van der Waals surface area contributed by atoms with Crippen LogP contribution in [0.4, 0.5) is 10.1 Å². The largest absolute Gasteiger partial charge is 0.378 e. The van der Waals surface area contributed by atoms with Crippen LogP contribution < -0.4 is 5.32 Å². The van der Waals surface area contributed by atoms with Crippen LogP contribution in [0.3, 0.4) is 0 Å². The van der Waals surface area contributed by atoms with Gasteiger partial charge in [-0.05, 0) is 54.0 Å². The van der Waals surface area contributed by atoms with Gasteiger partial charge >= 0.3 is 0 Å². The third-order valence-electron chi connectivity index (χ3n) is 3.05. The van der Waals surface area contributed by atoms with Gasteiger partial charge in [-0.25, -0.2) is 4.39 Å². The Bertz CT molecular complexity index is 403. The second-order valence-corrected chi connectivity index (χ2v) is 5.50. The van der Waals surface area contributed by atoms with Gasteiger partial charge in [-0.15, -0.1) is 0 Å². The molecule has 0 saturated carbocycles. The molecule has 3 heteroatoms. The van der Waals surface area contributed by atoms with Crippen LogP contribution in [-0.2, 0) is 0 Å². The molecule has 17 heavy (non-hydrogen) atoms. The quantitative estimate of drug-likeness (QED) is 0.604. The van der Waals surface area contributed by atoms with Gasteiger partial charge in [0.1, 0.15) is 5.82 Å². The molecule has 1 aliphatic carbocycles. The van der Waals surface area contributed by atoms with Gasteiger partial charge in [0.15, 0.2) is 0 Å². The van der Waals surface area contributed by atoms with Crippen molar-refractivity contribution in [2.45, 2.75) is 38.1 Å². The van der Waals surface area contributed by atoms with E-state index in [2.05, 4.69) is 40.1 Å². The zero-order chi connectivity index (χ0) is 12.1. The van der Waals surface area contributed by atoms with E-state index in [0.717, 1.165) is 12.1 Å². The van der Waals surface area contributed by atoms with Gasteiger partial charge in [0.25, 0.3) is 0 Å². The van der Waals surface area contributed by atoms with Crippen LogP contribution >= 0.6 is 22.6 Å². The molecule has 1 aromatic carbocycles. The first kappa shape index (κ1) is 12.9. The van der Waals surface area contributed by atoms with Crippen molar-refractivity contribution in [1.82, 2.24) is 0 Å². The summed E-state index contributed by atoms with van der Waals surface area (Å²) in [5, 5.41) is 3.42. The minimum absolute atomic E-state index is 0.148. The number of nitrogens with one attached hydrogen (secondary N) is 1. The third-order valence-corrected chi connectivity index (χ3v) is 4.14. The Labute approximate surface area is 116 Å². The van der Waals surface area contributed by atoms with E-state index >= 15 is 0 Å². The van der Waals surface area contributed by atoms with Crippen molar-refractivity contribution in [1.29, 1.82) is 0 Å². The fraction of sp³-hybridized carbons (Fsp3) is 0.429. The molecule has 2 rings (SSSR count). The van der Waals surface area contributed by atoms with Crippen LogP contribution in [0.15, 0.2) is 30.4 Å². The highest BCUT2D eigenvalue weighted by atomic mass is 127. The minimum Gasteiger partial charge on any atom is -0.378 e.